The Kier molecular flexibility index (Phi) is 4.82. The summed E-state index contributed by atoms with van der Waals surface area (Å²) in [7, 11) is 0. The van der Waals surface area contributed by atoms with Crippen LogP contribution in [0, 0.1) is 5.92 Å². The van der Waals surface area contributed by atoms with Gasteiger partial charge in [-0.25, -0.2) is 4.98 Å². The molecule has 0 N–H and O–H groups in total. The third kappa shape index (κ3) is 3.60. The maximum Gasteiger partial charge on any atom is 0.254 e. The summed E-state index contributed by atoms with van der Waals surface area (Å²) in [4.78, 5) is 23.4. The van der Waals surface area contributed by atoms with Crippen LogP contribution in [0.1, 0.15) is 41.8 Å². The molecule has 9 nitrogen and oxygen atoms in total. The van der Waals surface area contributed by atoms with Crippen molar-refractivity contribution in [1.29, 1.82) is 0 Å². The van der Waals surface area contributed by atoms with Gasteiger partial charge >= 0.3 is 0 Å². The zero-order valence-corrected chi connectivity index (χ0v) is 21.5. The van der Waals surface area contributed by atoms with Crippen molar-refractivity contribution < 1.29 is 4.74 Å². The maximum atomic E-state index is 13.6. The lowest BCUT2D eigenvalue weighted by atomic mass is 9.95. The Morgan fingerprint density at radius 3 is 2.90 bits per heavy atom. The minimum atomic E-state index is -0.0772. The van der Waals surface area contributed by atoms with Crippen LogP contribution in [0.3, 0.4) is 0 Å². The predicted octanol–water partition coefficient (Wildman–Crippen LogP) is 4.47. The summed E-state index contributed by atoms with van der Waals surface area (Å²) in [5.41, 5.74) is 7.34. The lowest BCUT2D eigenvalue weighted by Gasteiger charge is -2.21. The lowest BCUT2D eigenvalue weighted by Crippen LogP contribution is -2.27. The first-order valence-electron chi connectivity index (χ1n) is 12.9. The van der Waals surface area contributed by atoms with Crippen molar-refractivity contribution in [2.75, 3.05) is 6.61 Å². The van der Waals surface area contributed by atoms with Gasteiger partial charge in [-0.2, -0.15) is 4.68 Å². The van der Waals surface area contributed by atoms with Crippen molar-refractivity contribution in [2.45, 2.75) is 31.2 Å². The van der Waals surface area contributed by atoms with Crippen molar-refractivity contribution in [1.82, 2.24) is 29.8 Å². The van der Waals surface area contributed by atoms with Gasteiger partial charge in [-0.3, -0.25) is 14.4 Å². The molecule has 3 atom stereocenters. The van der Waals surface area contributed by atoms with Crippen molar-refractivity contribution in [2.24, 2.45) is 10.9 Å². The van der Waals surface area contributed by atoms with Crippen LogP contribution in [0.15, 0.2) is 82.5 Å². The first kappa shape index (κ1) is 22.6. The Bertz CT molecular complexity index is 1820. The zero-order valence-electron chi connectivity index (χ0n) is 20.8. The van der Waals surface area contributed by atoms with E-state index in [4.69, 9.17) is 26.3 Å². The highest BCUT2D eigenvalue weighted by Crippen LogP contribution is 2.61. The number of allylic oxidation sites excluding steroid dienone is 1. The molecule has 8 rings (SSSR count). The van der Waals surface area contributed by atoms with E-state index >= 15 is 0 Å². The third-order valence-electron chi connectivity index (χ3n) is 8.08. The molecular formula is C29H22ClN7O2. The molecule has 4 aliphatic rings. The standard InChI is InChI=1S/C29H22ClN7O2/c1-15-6-17-3-2-16(8-26(17)39-13-15)23-7-18(12-31-23)28-20-10-21(20)29-33-24(11-27(38)37(28)29)22-9-19(30)4-5-25(22)36-14-32-34-35-36/h2-5,8-9,11-12,14,20-21,28H,1,6-7,10,13H2. The van der Waals surface area contributed by atoms with E-state index in [1.165, 1.54) is 6.33 Å². The van der Waals surface area contributed by atoms with Gasteiger partial charge in [0.15, 0.2) is 0 Å². The van der Waals surface area contributed by atoms with Gasteiger partial charge < -0.3 is 4.74 Å². The molecule has 0 spiro atoms. The summed E-state index contributed by atoms with van der Waals surface area (Å²) in [6.45, 7) is 4.60. The average molecular weight is 536 g/mol. The molecular weight excluding hydrogens is 514 g/mol. The number of fused-ring (bicyclic) bond motifs is 4. The second kappa shape index (κ2) is 8.31. The van der Waals surface area contributed by atoms with E-state index in [1.807, 2.05) is 16.8 Å². The molecule has 3 unspecified atom stereocenters. The Labute approximate surface area is 228 Å². The fourth-order valence-electron chi connectivity index (χ4n) is 6.18. The van der Waals surface area contributed by atoms with E-state index in [0.29, 0.717) is 40.9 Å². The van der Waals surface area contributed by atoms with Gasteiger partial charge in [0, 0.05) is 41.6 Å². The van der Waals surface area contributed by atoms with Gasteiger partial charge in [0.1, 0.15) is 24.5 Å². The highest BCUT2D eigenvalue weighted by Gasteiger charge is 2.55. The number of nitrogens with zero attached hydrogens (tertiary/aromatic N) is 7. The number of tetrazole rings is 1. The summed E-state index contributed by atoms with van der Waals surface area (Å²) in [5, 5.41) is 12.0. The highest BCUT2D eigenvalue weighted by molar-refractivity contribution is 6.31. The Balaban J connectivity index is 1.11. The van der Waals surface area contributed by atoms with Gasteiger partial charge in [0.05, 0.1) is 23.1 Å². The molecule has 2 aromatic heterocycles. The predicted molar refractivity (Wildman–Crippen MR) is 146 cm³/mol. The van der Waals surface area contributed by atoms with E-state index in [9.17, 15) is 4.79 Å². The van der Waals surface area contributed by atoms with E-state index in [1.54, 1.807) is 22.9 Å². The van der Waals surface area contributed by atoms with E-state index < -0.39 is 0 Å². The van der Waals surface area contributed by atoms with Gasteiger partial charge in [-0.1, -0.05) is 30.3 Å². The summed E-state index contributed by atoms with van der Waals surface area (Å²) in [5.74, 6) is 2.34. The zero-order chi connectivity index (χ0) is 26.2. The fraction of sp³-hybridized carbons (Fsp3) is 0.241. The number of hydrogen-bond donors (Lipinski definition) is 0. The van der Waals surface area contributed by atoms with Crippen LogP contribution in [0.4, 0.5) is 0 Å². The third-order valence-corrected chi connectivity index (χ3v) is 8.31. The van der Waals surface area contributed by atoms with Gasteiger partial charge in [0.2, 0.25) is 0 Å². The molecule has 2 aromatic carbocycles. The number of aliphatic imine (C=N–C) groups is 1. The summed E-state index contributed by atoms with van der Waals surface area (Å²) < 4.78 is 9.31. The van der Waals surface area contributed by atoms with E-state index in [-0.39, 0.29) is 17.5 Å². The van der Waals surface area contributed by atoms with Crippen molar-refractivity contribution >= 4 is 17.3 Å². The molecule has 1 aliphatic carbocycles. The second-order valence-electron chi connectivity index (χ2n) is 10.6. The van der Waals surface area contributed by atoms with Crippen LogP contribution in [-0.2, 0) is 6.42 Å². The average Bonchev–Trinajstić information content (AvgIpc) is 3.28. The number of aromatic nitrogens is 6. The number of rotatable bonds is 4. The Morgan fingerprint density at radius 1 is 1.10 bits per heavy atom. The quantitative estimate of drug-likeness (QED) is 0.358. The van der Waals surface area contributed by atoms with Crippen molar-refractivity contribution in [3.63, 3.8) is 0 Å². The largest absolute Gasteiger partial charge is 0.489 e. The van der Waals surface area contributed by atoms with Crippen molar-refractivity contribution in [3.05, 3.63) is 105 Å². The maximum absolute atomic E-state index is 13.6. The molecule has 0 radical (unpaired) electrons. The van der Waals surface area contributed by atoms with Gasteiger partial charge in [0.25, 0.3) is 5.56 Å². The first-order valence-corrected chi connectivity index (χ1v) is 13.3. The van der Waals surface area contributed by atoms with Crippen LogP contribution in [0.25, 0.3) is 16.9 Å². The molecule has 1 fully saturated rings. The molecule has 1 saturated carbocycles. The SMILES string of the molecule is C=C1COc2cc(C3=NC=C(C4C5CC5c5nc(-c6cc(Cl)ccc6-n6cnnn6)cc(=O)n54)C3)ccc2C1. The monoisotopic (exact) mass is 535 g/mol. The first-order chi connectivity index (χ1) is 19.0. The Morgan fingerprint density at radius 2 is 2.03 bits per heavy atom. The lowest BCUT2D eigenvalue weighted by molar-refractivity contribution is 0.332. The van der Waals surface area contributed by atoms with E-state index in [0.717, 1.165) is 52.4 Å². The molecule has 39 heavy (non-hydrogen) atoms. The normalized spacial score (nSPS) is 22.5. The molecule has 0 saturated heterocycles. The summed E-state index contributed by atoms with van der Waals surface area (Å²) in [6, 6.07) is 13.2. The number of benzene rings is 2. The van der Waals surface area contributed by atoms with Crippen LogP contribution < -0.4 is 10.3 Å². The van der Waals surface area contributed by atoms with Crippen LogP contribution in [-0.4, -0.2) is 42.1 Å². The molecule has 5 heterocycles. The number of hydrogen-bond acceptors (Lipinski definition) is 7. The smallest absolute Gasteiger partial charge is 0.254 e. The minimum Gasteiger partial charge on any atom is -0.489 e. The molecule has 10 heteroatoms. The van der Waals surface area contributed by atoms with Gasteiger partial charge in [-0.05, 0) is 69.3 Å². The number of halogens is 1. The summed E-state index contributed by atoms with van der Waals surface area (Å²) >= 11 is 6.34. The summed E-state index contributed by atoms with van der Waals surface area (Å²) in [6.07, 6.45) is 6.01. The topological polar surface area (TPSA) is 100 Å². The Hall–Kier alpha value is -4.37. The fourth-order valence-corrected chi connectivity index (χ4v) is 6.36. The minimum absolute atomic E-state index is 0.0316. The number of ether oxygens (including phenoxy) is 1. The van der Waals surface area contributed by atoms with Crippen LogP contribution >= 0.6 is 11.6 Å². The van der Waals surface area contributed by atoms with Gasteiger partial charge in [-0.15, -0.1) is 5.10 Å². The van der Waals surface area contributed by atoms with Crippen LogP contribution in [0.2, 0.25) is 5.02 Å². The second-order valence-corrected chi connectivity index (χ2v) is 11.0. The van der Waals surface area contributed by atoms with Crippen molar-refractivity contribution in [3.8, 4) is 22.7 Å². The highest BCUT2D eigenvalue weighted by atomic mass is 35.5. The molecule has 0 amide bonds. The van der Waals surface area contributed by atoms with Crippen LogP contribution in [0.5, 0.6) is 5.75 Å². The van der Waals surface area contributed by atoms with E-state index in [2.05, 4.69) is 40.3 Å². The molecule has 0 bridgehead atoms. The molecule has 192 valence electrons. The molecule has 3 aliphatic heterocycles. The molecule has 4 aromatic rings.